The van der Waals surface area contributed by atoms with Crippen molar-refractivity contribution in [2.75, 3.05) is 19.7 Å². The Morgan fingerprint density at radius 1 is 1.04 bits per heavy atom. The molecule has 0 radical (unpaired) electrons. The number of unbranched alkanes of at least 4 members (excludes halogenated alkanes) is 4. The van der Waals surface area contributed by atoms with Gasteiger partial charge in [0.15, 0.2) is 5.11 Å². The van der Waals surface area contributed by atoms with E-state index in [0.29, 0.717) is 10.7 Å². The molecule has 5 heteroatoms. The maximum absolute atomic E-state index is 12.2. The molecule has 1 rings (SSSR count). The largest absolute Gasteiger partial charge is 0.494 e. The van der Waals surface area contributed by atoms with E-state index in [9.17, 15) is 4.79 Å². The van der Waals surface area contributed by atoms with Gasteiger partial charge >= 0.3 is 0 Å². The highest BCUT2D eigenvalue weighted by Crippen LogP contribution is 2.13. The second-order valence-electron chi connectivity index (χ2n) is 5.72. The van der Waals surface area contributed by atoms with E-state index in [0.717, 1.165) is 31.9 Å². The molecule has 24 heavy (non-hydrogen) atoms. The summed E-state index contributed by atoms with van der Waals surface area (Å²) < 4.78 is 5.71. The Morgan fingerprint density at radius 2 is 1.67 bits per heavy atom. The van der Waals surface area contributed by atoms with Crippen molar-refractivity contribution in [2.24, 2.45) is 0 Å². The minimum atomic E-state index is -0.182. The van der Waals surface area contributed by atoms with E-state index in [4.69, 9.17) is 17.0 Å². The lowest BCUT2D eigenvalue weighted by Gasteiger charge is -2.21. The van der Waals surface area contributed by atoms with Crippen molar-refractivity contribution in [1.82, 2.24) is 10.2 Å². The van der Waals surface area contributed by atoms with Crippen molar-refractivity contribution in [1.29, 1.82) is 0 Å². The van der Waals surface area contributed by atoms with Crippen LogP contribution in [-0.2, 0) is 0 Å². The Hall–Kier alpha value is -1.62. The Kier molecular flexibility index (Phi) is 10.1. The highest BCUT2D eigenvalue weighted by atomic mass is 32.1. The first-order valence-corrected chi connectivity index (χ1v) is 9.36. The average Bonchev–Trinajstić information content (AvgIpc) is 2.59. The number of carbonyl (C=O) groups excluding carboxylic acids is 1. The summed E-state index contributed by atoms with van der Waals surface area (Å²) in [5.41, 5.74) is 0.583. The maximum atomic E-state index is 12.2. The van der Waals surface area contributed by atoms with Gasteiger partial charge in [0.25, 0.3) is 5.91 Å². The molecule has 0 saturated carbocycles. The van der Waals surface area contributed by atoms with Crippen LogP contribution in [0.3, 0.4) is 0 Å². The molecule has 0 saturated heterocycles. The minimum absolute atomic E-state index is 0.182. The summed E-state index contributed by atoms with van der Waals surface area (Å²) >= 11 is 5.25. The van der Waals surface area contributed by atoms with Crippen molar-refractivity contribution in [2.45, 2.75) is 52.9 Å². The number of hydrogen-bond donors (Lipinski definition) is 1. The van der Waals surface area contributed by atoms with Gasteiger partial charge < -0.3 is 9.64 Å². The van der Waals surface area contributed by atoms with Gasteiger partial charge in [0, 0.05) is 18.7 Å². The van der Waals surface area contributed by atoms with E-state index in [1.54, 1.807) is 12.1 Å². The number of rotatable bonds is 10. The number of nitrogens with zero attached hydrogens (tertiary/aromatic N) is 1. The molecule has 1 N–H and O–H groups in total. The topological polar surface area (TPSA) is 41.6 Å². The summed E-state index contributed by atoms with van der Waals surface area (Å²) in [7, 11) is 0. The molecule has 0 unspecified atom stereocenters. The van der Waals surface area contributed by atoms with E-state index >= 15 is 0 Å². The Balaban J connectivity index is 2.40. The monoisotopic (exact) mass is 350 g/mol. The number of carbonyl (C=O) groups is 1. The predicted molar refractivity (Wildman–Crippen MR) is 104 cm³/mol. The van der Waals surface area contributed by atoms with Gasteiger partial charge in [0.2, 0.25) is 0 Å². The van der Waals surface area contributed by atoms with Crippen LogP contribution in [0.4, 0.5) is 0 Å². The lowest BCUT2D eigenvalue weighted by atomic mass is 10.2. The summed E-state index contributed by atoms with van der Waals surface area (Å²) in [5.74, 6) is 0.617. The smallest absolute Gasteiger partial charge is 0.257 e. The third kappa shape index (κ3) is 7.30. The number of nitrogens with one attached hydrogen (secondary N) is 1. The predicted octanol–water partition coefficient (Wildman–Crippen LogP) is 4.39. The first-order valence-electron chi connectivity index (χ1n) is 8.95. The van der Waals surface area contributed by atoms with Crippen molar-refractivity contribution in [3.8, 4) is 5.75 Å². The van der Waals surface area contributed by atoms with Gasteiger partial charge in [-0.05, 0) is 56.8 Å². The molecule has 0 fully saturated rings. The molecule has 134 valence electrons. The molecule has 1 aromatic carbocycles. The van der Waals surface area contributed by atoms with E-state index in [1.165, 1.54) is 25.7 Å². The molecule has 1 amide bonds. The van der Waals surface area contributed by atoms with Crippen LogP contribution in [0.5, 0.6) is 5.75 Å². The van der Waals surface area contributed by atoms with Gasteiger partial charge in [0.05, 0.1) is 6.61 Å². The highest BCUT2D eigenvalue weighted by Gasteiger charge is 2.11. The standard InChI is InChI=1S/C19H30N2O2S/c1-4-7-8-9-10-15-23-17-13-11-16(12-14-17)18(22)20-19(24)21(5-2)6-3/h11-14H,4-10,15H2,1-3H3,(H,20,22,24). The number of hydrogen-bond acceptors (Lipinski definition) is 3. The van der Waals surface area contributed by atoms with Gasteiger partial charge in [-0.25, -0.2) is 0 Å². The number of thiocarbonyl (C=S) groups is 1. The van der Waals surface area contributed by atoms with Crippen LogP contribution in [0, 0.1) is 0 Å². The fraction of sp³-hybridized carbons (Fsp3) is 0.579. The number of benzene rings is 1. The second kappa shape index (κ2) is 11.8. The molecule has 0 bridgehead atoms. The molecule has 0 aromatic heterocycles. The molecule has 0 aliphatic carbocycles. The summed E-state index contributed by atoms with van der Waals surface area (Å²) in [6.07, 6.45) is 6.09. The van der Waals surface area contributed by atoms with Crippen LogP contribution in [0.15, 0.2) is 24.3 Å². The van der Waals surface area contributed by atoms with Gasteiger partial charge in [-0.3, -0.25) is 10.1 Å². The fourth-order valence-electron chi connectivity index (χ4n) is 2.36. The van der Waals surface area contributed by atoms with Crippen molar-refractivity contribution >= 4 is 23.2 Å². The first kappa shape index (κ1) is 20.4. The van der Waals surface area contributed by atoms with Crippen LogP contribution >= 0.6 is 12.2 Å². The molecule has 1 aromatic rings. The van der Waals surface area contributed by atoms with E-state index < -0.39 is 0 Å². The molecule has 0 aliphatic heterocycles. The van der Waals surface area contributed by atoms with Gasteiger partial charge in [0.1, 0.15) is 5.75 Å². The zero-order valence-corrected chi connectivity index (χ0v) is 16.0. The third-order valence-electron chi connectivity index (χ3n) is 3.90. The SMILES string of the molecule is CCCCCCCOc1ccc(C(=O)NC(=S)N(CC)CC)cc1. The van der Waals surface area contributed by atoms with E-state index in [2.05, 4.69) is 12.2 Å². The molecule has 0 aliphatic rings. The molecule has 0 atom stereocenters. The summed E-state index contributed by atoms with van der Waals surface area (Å²) in [4.78, 5) is 14.1. The van der Waals surface area contributed by atoms with Crippen LogP contribution in [0.2, 0.25) is 0 Å². The van der Waals surface area contributed by atoms with Crippen LogP contribution in [-0.4, -0.2) is 35.6 Å². The van der Waals surface area contributed by atoms with Crippen molar-refractivity contribution < 1.29 is 9.53 Å². The van der Waals surface area contributed by atoms with E-state index in [-0.39, 0.29) is 5.91 Å². The van der Waals surface area contributed by atoms with Gasteiger partial charge in [-0.15, -0.1) is 0 Å². The third-order valence-corrected chi connectivity index (χ3v) is 4.26. The molecule has 4 nitrogen and oxygen atoms in total. The lowest BCUT2D eigenvalue weighted by Crippen LogP contribution is -2.42. The van der Waals surface area contributed by atoms with Crippen LogP contribution in [0.25, 0.3) is 0 Å². The number of amides is 1. The first-order chi connectivity index (χ1) is 11.6. The maximum Gasteiger partial charge on any atom is 0.257 e. The van der Waals surface area contributed by atoms with Gasteiger partial charge in [-0.1, -0.05) is 32.6 Å². The summed E-state index contributed by atoms with van der Waals surface area (Å²) in [5, 5.41) is 3.24. The zero-order valence-electron chi connectivity index (χ0n) is 15.1. The Morgan fingerprint density at radius 3 is 2.25 bits per heavy atom. The molecule has 0 spiro atoms. The Labute approximate surface area is 151 Å². The summed E-state index contributed by atoms with van der Waals surface area (Å²) in [6.45, 7) is 8.51. The fourth-order valence-corrected chi connectivity index (χ4v) is 2.71. The quantitative estimate of drug-likeness (QED) is 0.502. The second-order valence-corrected chi connectivity index (χ2v) is 6.11. The van der Waals surface area contributed by atoms with Crippen molar-refractivity contribution in [3.63, 3.8) is 0 Å². The minimum Gasteiger partial charge on any atom is -0.494 e. The molecular weight excluding hydrogens is 320 g/mol. The van der Waals surface area contributed by atoms with E-state index in [1.807, 2.05) is 30.9 Å². The Bertz CT molecular complexity index is 499. The molecule has 0 heterocycles. The zero-order chi connectivity index (χ0) is 17.8. The lowest BCUT2D eigenvalue weighted by molar-refractivity contribution is 0.0973. The van der Waals surface area contributed by atoms with Crippen LogP contribution < -0.4 is 10.1 Å². The summed E-state index contributed by atoms with van der Waals surface area (Å²) in [6, 6.07) is 7.21. The normalized spacial score (nSPS) is 10.3. The van der Waals surface area contributed by atoms with Gasteiger partial charge in [-0.2, -0.15) is 0 Å². The van der Waals surface area contributed by atoms with Crippen molar-refractivity contribution in [3.05, 3.63) is 29.8 Å². The van der Waals surface area contributed by atoms with Crippen LogP contribution in [0.1, 0.15) is 63.2 Å². The highest BCUT2D eigenvalue weighted by molar-refractivity contribution is 7.80. The number of ether oxygens (including phenoxy) is 1. The average molecular weight is 351 g/mol. The molecular formula is C19H30N2O2S.